The fourth-order valence-electron chi connectivity index (χ4n) is 2.44. The van der Waals surface area contributed by atoms with E-state index >= 15 is 0 Å². The smallest absolute Gasteiger partial charge is 0.276 e. The number of hydrogen-bond donors (Lipinski definition) is 1. The average molecular weight is 397 g/mol. The number of ether oxygens (including phenoxy) is 1. The molecule has 0 saturated heterocycles. The second-order valence-electron chi connectivity index (χ2n) is 6.01. The van der Waals surface area contributed by atoms with E-state index in [1.165, 1.54) is 19.2 Å². The van der Waals surface area contributed by atoms with Crippen molar-refractivity contribution in [2.45, 2.75) is 17.9 Å². The van der Waals surface area contributed by atoms with Gasteiger partial charge in [0.25, 0.3) is 10.0 Å². The Hall–Kier alpha value is -3.39. The molecule has 0 radical (unpaired) electrons. The van der Waals surface area contributed by atoms with Crippen molar-refractivity contribution in [1.29, 1.82) is 0 Å². The van der Waals surface area contributed by atoms with Gasteiger partial charge in [-0.05, 0) is 59.7 Å². The lowest BCUT2D eigenvalue weighted by atomic mass is 10.1. The van der Waals surface area contributed by atoms with E-state index in [1.54, 1.807) is 36.4 Å². The van der Waals surface area contributed by atoms with Crippen LogP contribution in [0.5, 0.6) is 5.75 Å². The number of carbonyl (C=O) groups excluding carboxylic acids is 1. The van der Waals surface area contributed by atoms with Crippen LogP contribution in [0.15, 0.2) is 76.7 Å². The van der Waals surface area contributed by atoms with Crippen LogP contribution in [0.4, 0.5) is 0 Å². The highest BCUT2D eigenvalue weighted by Crippen LogP contribution is 2.19. The predicted octanol–water partition coefficient (Wildman–Crippen LogP) is 1.67. The molecule has 0 aromatic heterocycles. The Bertz CT molecular complexity index is 1120. The molecule has 3 aromatic carbocycles. The molecule has 0 aliphatic carbocycles. The van der Waals surface area contributed by atoms with E-state index in [0.717, 1.165) is 10.8 Å². The zero-order valence-electron chi connectivity index (χ0n) is 14.9. The van der Waals surface area contributed by atoms with Gasteiger partial charge >= 0.3 is 0 Å². The van der Waals surface area contributed by atoms with E-state index < -0.39 is 22.1 Å². The summed E-state index contributed by atoms with van der Waals surface area (Å²) in [5, 5.41) is 16.2. The molecule has 1 N–H and O–H groups in total. The summed E-state index contributed by atoms with van der Waals surface area (Å²) in [6.45, 7) is 1.37. The fraction of sp³-hybridized carbons (Fsp3) is 0.100. The number of nitrogens with zero attached hydrogens (tertiary/aromatic N) is 1. The molecule has 0 aliphatic heterocycles. The van der Waals surface area contributed by atoms with Gasteiger partial charge in [0.05, 0.1) is 17.1 Å². The largest absolute Gasteiger partial charge is 0.546 e. The van der Waals surface area contributed by atoms with Crippen LogP contribution >= 0.6 is 0 Å². The molecular formula is C20H17N2O5S-. The molecule has 28 heavy (non-hydrogen) atoms. The van der Waals surface area contributed by atoms with Crippen LogP contribution in [-0.4, -0.2) is 26.7 Å². The first-order valence-electron chi connectivity index (χ1n) is 8.36. The topological polar surface area (TPSA) is 108 Å². The molecular weight excluding hydrogens is 380 g/mol. The third-order valence-electron chi connectivity index (χ3n) is 3.94. The molecule has 0 heterocycles. The maximum absolute atomic E-state index is 12.4. The number of sulfonamides is 1. The number of hydrogen-bond acceptors (Lipinski definition) is 6. The standard InChI is InChI=1S/C20H18N2O5S/c1-14(20(23)24)27-18-9-6-15(7-10-18)13-21-22-28(25,26)19-11-8-16-4-2-3-5-17(16)12-19/h2-14,22H,1H3,(H,23,24)/p-1/b21-13-/t14-/m1/s1. The van der Waals surface area contributed by atoms with E-state index in [4.69, 9.17) is 4.74 Å². The lowest BCUT2D eigenvalue weighted by Crippen LogP contribution is -2.37. The summed E-state index contributed by atoms with van der Waals surface area (Å²) in [5.74, 6) is -0.959. The van der Waals surface area contributed by atoms with Crippen molar-refractivity contribution in [3.8, 4) is 5.75 Å². The number of rotatable bonds is 7. The first-order chi connectivity index (χ1) is 13.3. The normalized spacial score (nSPS) is 12.8. The lowest BCUT2D eigenvalue weighted by Gasteiger charge is -2.15. The van der Waals surface area contributed by atoms with E-state index in [1.807, 2.05) is 24.3 Å². The van der Waals surface area contributed by atoms with Gasteiger partial charge < -0.3 is 14.6 Å². The Morgan fingerprint density at radius 3 is 2.43 bits per heavy atom. The Labute approximate surface area is 162 Å². The number of nitrogens with one attached hydrogen (secondary N) is 1. The molecule has 3 aromatic rings. The molecule has 144 valence electrons. The first kappa shape index (κ1) is 19.4. The molecule has 0 amide bonds. The third-order valence-corrected chi connectivity index (χ3v) is 5.16. The number of carbonyl (C=O) groups is 1. The monoisotopic (exact) mass is 397 g/mol. The Morgan fingerprint density at radius 2 is 1.75 bits per heavy atom. The number of fused-ring (bicyclic) bond motifs is 1. The molecule has 0 saturated carbocycles. The highest BCUT2D eigenvalue weighted by molar-refractivity contribution is 7.89. The van der Waals surface area contributed by atoms with E-state index in [0.29, 0.717) is 11.3 Å². The van der Waals surface area contributed by atoms with Crippen LogP contribution < -0.4 is 14.7 Å². The van der Waals surface area contributed by atoms with Crippen molar-refractivity contribution < 1.29 is 23.1 Å². The molecule has 0 unspecified atom stereocenters. The van der Waals surface area contributed by atoms with Gasteiger partial charge in [-0.3, -0.25) is 0 Å². The minimum absolute atomic E-state index is 0.114. The van der Waals surface area contributed by atoms with Gasteiger partial charge in [0.1, 0.15) is 11.9 Å². The van der Waals surface area contributed by atoms with Gasteiger partial charge in [-0.25, -0.2) is 4.83 Å². The second kappa shape index (κ2) is 8.10. The maximum atomic E-state index is 12.4. The second-order valence-corrected chi connectivity index (χ2v) is 7.67. The summed E-state index contributed by atoms with van der Waals surface area (Å²) >= 11 is 0. The predicted molar refractivity (Wildman–Crippen MR) is 103 cm³/mol. The molecule has 1 atom stereocenters. The van der Waals surface area contributed by atoms with Crippen LogP contribution in [0.2, 0.25) is 0 Å². The van der Waals surface area contributed by atoms with Gasteiger partial charge in [-0.15, -0.1) is 0 Å². The molecule has 8 heteroatoms. The number of carboxylic acid groups (broad SMARTS) is 1. The van der Waals surface area contributed by atoms with Gasteiger partial charge in [-0.2, -0.15) is 13.5 Å². The van der Waals surface area contributed by atoms with E-state index in [2.05, 4.69) is 9.93 Å². The van der Waals surface area contributed by atoms with Crippen molar-refractivity contribution in [2.24, 2.45) is 5.10 Å². The molecule has 3 rings (SSSR count). The fourth-order valence-corrected chi connectivity index (χ4v) is 3.27. The SMILES string of the molecule is C[C@@H](Oc1ccc(/C=N\NS(=O)(=O)c2ccc3ccccc3c2)cc1)C(=O)[O-]. The summed E-state index contributed by atoms with van der Waals surface area (Å²) in [6, 6.07) is 18.6. The van der Waals surface area contributed by atoms with Crippen LogP contribution in [-0.2, 0) is 14.8 Å². The minimum Gasteiger partial charge on any atom is -0.546 e. The Kier molecular flexibility index (Phi) is 5.60. The average Bonchev–Trinajstić information content (AvgIpc) is 2.68. The quantitative estimate of drug-likeness (QED) is 0.482. The summed E-state index contributed by atoms with van der Waals surface area (Å²) in [6.07, 6.45) is 0.262. The summed E-state index contributed by atoms with van der Waals surface area (Å²) in [4.78, 5) is 13.0. The molecule has 0 aliphatic rings. The van der Waals surface area contributed by atoms with Gasteiger partial charge in [0.15, 0.2) is 0 Å². The van der Waals surface area contributed by atoms with Crippen LogP contribution in [0.1, 0.15) is 12.5 Å². The van der Waals surface area contributed by atoms with E-state index in [9.17, 15) is 18.3 Å². The highest BCUT2D eigenvalue weighted by atomic mass is 32.2. The van der Waals surface area contributed by atoms with Crippen molar-refractivity contribution in [2.75, 3.05) is 0 Å². The first-order valence-corrected chi connectivity index (χ1v) is 9.85. The van der Waals surface area contributed by atoms with Crippen molar-refractivity contribution >= 4 is 33.0 Å². The Morgan fingerprint density at radius 1 is 1.07 bits per heavy atom. The van der Waals surface area contributed by atoms with Crippen molar-refractivity contribution in [1.82, 2.24) is 4.83 Å². The molecule has 7 nitrogen and oxygen atoms in total. The summed E-state index contributed by atoms with van der Waals surface area (Å²) in [5.41, 5.74) is 0.606. The number of aliphatic carboxylic acids is 1. The number of carboxylic acids is 1. The van der Waals surface area contributed by atoms with Gasteiger partial charge in [-0.1, -0.05) is 30.3 Å². The van der Waals surface area contributed by atoms with Crippen molar-refractivity contribution in [3.63, 3.8) is 0 Å². The van der Waals surface area contributed by atoms with Crippen LogP contribution in [0, 0.1) is 0 Å². The van der Waals surface area contributed by atoms with Crippen LogP contribution in [0.3, 0.4) is 0 Å². The zero-order valence-corrected chi connectivity index (χ0v) is 15.7. The summed E-state index contributed by atoms with van der Waals surface area (Å²) in [7, 11) is -3.80. The zero-order chi connectivity index (χ0) is 20.1. The molecule has 0 fully saturated rings. The molecule has 0 bridgehead atoms. The van der Waals surface area contributed by atoms with Crippen LogP contribution in [0.25, 0.3) is 10.8 Å². The minimum atomic E-state index is -3.80. The highest BCUT2D eigenvalue weighted by Gasteiger charge is 2.13. The van der Waals surface area contributed by atoms with Gasteiger partial charge in [0, 0.05) is 0 Å². The lowest BCUT2D eigenvalue weighted by molar-refractivity contribution is -0.312. The van der Waals surface area contributed by atoms with E-state index in [-0.39, 0.29) is 4.90 Å². The third kappa shape index (κ3) is 4.66. The number of benzene rings is 3. The molecule has 0 spiro atoms. The Balaban J connectivity index is 1.68. The summed E-state index contributed by atoms with van der Waals surface area (Å²) < 4.78 is 30.0. The maximum Gasteiger partial charge on any atom is 0.276 e. The number of hydrazone groups is 1. The van der Waals surface area contributed by atoms with Crippen molar-refractivity contribution in [3.05, 3.63) is 72.3 Å². The van der Waals surface area contributed by atoms with Gasteiger partial charge in [0.2, 0.25) is 0 Å².